The van der Waals surface area contributed by atoms with Crippen molar-refractivity contribution in [2.24, 2.45) is 0 Å². The van der Waals surface area contributed by atoms with E-state index in [2.05, 4.69) is 30.0 Å². The van der Waals surface area contributed by atoms with Crippen molar-refractivity contribution in [2.75, 3.05) is 53.6 Å². The number of carbonyl (C=O) groups is 1. The first-order valence-electron chi connectivity index (χ1n) is 8.33. The molecule has 24 heavy (non-hydrogen) atoms. The van der Waals surface area contributed by atoms with Crippen LogP contribution in [0.2, 0.25) is 0 Å². The molecule has 0 saturated carbocycles. The van der Waals surface area contributed by atoms with Gasteiger partial charge in [-0.25, -0.2) is 0 Å². The molecule has 0 bridgehead atoms. The van der Waals surface area contributed by atoms with Crippen LogP contribution < -0.4 is 4.74 Å². The molecule has 2 aliphatic rings. The molecule has 0 aromatic heterocycles. The molecule has 2 aliphatic heterocycles. The van der Waals surface area contributed by atoms with Gasteiger partial charge >= 0.3 is 0 Å². The molecule has 2 saturated heterocycles. The van der Waals surface area contributed by atoms with E-state index in [4.69, 9.17) is 14.2 Å². The number of para-hydroxylation sites is 1. The Labute approximate surface area is 143 Å². The van der Waals surface area contributed by atoms with Crippen molar-refractivity contribution < 1.29 is 19.0 Å². The predicted octanol–water partition coefficient (Wildman–Crippen LogP) is 1.06. The zero-order chi connectivity index (χ0) is 17.2. The fourth-order valence-electron chi connectivity index (χ4n) is 3.61. The topological polar surface area (TPSA) is 51.2 Å². The van der Waals surface area contributed by atoms with E-state index in [9.17, 15) is 4.79 Å². The van der Waals surface area contributed by atoms with Gasteiger partial charge in [-0.05, 0) is 12.5 Å². The Morgan fingerprint density at radius 2 is 2.17 bits per heavy atom. The van der Waals surface area contributed by atoms with Gasteiger partial charge in [-0.15, -0.1) is 0 Å². The largest absolute Gasteiger partial charge is 0.496 e. The lowest BCUT2D eigenvalue weighted by Crippen LogP contribution is -2.58. The Balaban J connectivity index is 1.74. The average molecular weight is 334 g/mol. The highest BCUT2D eigenvalue weighted by Crippen LogP contribution is 2.27. The minimum absolute atomic E-state index is 0.00736. The lowest BCUT2D eigenvalue weighted by molar-refractivity contribution is -0.143. The van der Waals surface area contributed by atoms with E-state index in [1.54, 1.807) is 12.0 Å². The number of hydrogen-bond acceptors (Lipinski definition) is 5. The summed E-state index contributed by atoms with van der Waals surface area (Å²) >= 11 is 0. The number of likely N-dealkylation sites (N-methyl/N-ethyl adjacent to an activating group) is 1. The van der Waals surface area contributed by atoms with Gasteiger partial charge in [-0.2, -0.15) is 0 Å². The molecule has 0 aliphatic carbocycles. The molecule has 1 atom stereocenters. The van der Waals surface area contributed by atoms with Gasteiger partial charge in [0.15, 0.2) is 0 Å². The summed E-state index contributed by atoms with van der Waals surface area (Å²) in [6.45, 7) is 6.24. The van der Waals surface area contributed by atoms with Gasteiger partial charge in [-0.3, -0.25) is 9.69 Å². The summed E-state index contributed by atoms with van der Waals surface area (Å²) in [5, 5.41) is 0. The number of ether oxygens (including phenoxy) is 3. The number of benzene rings is 1. The van der Waals surface area contributed by atoms with Crippen molar-refractivity contribution in [3.05, 3.63) is 29.3 Å². The summed E-state index contributed by atoms with van der Waals surface area (Å²) in [6, 6.07) is 6.22. The Bertz CT molecular complexity index is 607. The fraction of sp³-hybridized carbons (Fsp3) is 0.611. The van der Waals surface area contributed by atoms with Crippen LogP contribution in [0.4, 0.5) is 0 Å². The van der Waals surface area contributed by atoms with E-state index in [1.165, 1.54) is 5.56 Å². The molecule has 132 valence electrons. The molecular weight excluding hydrogens is 308 g/mol. The van der Waals surface area contributed by atoms with Gasteiger partial charge in [0.25, 0.3) is 0 Å². The highest BCUT2D eigenvalue weighted by Gasteiger charge is 2.41. The second-order valence-electron chi connectivity index (χ2n) is 6.75. The zero-order valence-electron chi connectivity index (χ0n) is 14.7. The first-order valence-corrected chi connectivity index (χ1v) is 8.33. The molecule has 1 aromatic rings. The molecule has 0 N–H and O–H groups in total. The molecule has 2 fully saturated rings. The maximum atomic E-state index is 11.8. The number of nitrogens with zero attached hydrogens (tertiary/aromatic N) is 2. The van der Waals surface area contributed by atoms with Gasteiger partial charge in [-0.1, -0.05) is 18.2 Å². The number of amides is 1. The molecule has 0 radical (unpaired) electrons. The normalized spacial score (nSPS) is 25.8. The lowest BCUT2D eigenvalue weighted by atomic mass is 10.0. The van der Waals surface area contributed by atoms with Crippen LogP contribution in [0.5, 0.6) is 5.75 Å². The Kier molecular flexibility index (Phi) is 5.08. The molecule has 2 heterocycles. The van der Waals surface area contributed by atoms with Crippen LogP contribution in [0.15, 0.2) is 18.2 Å². The average Bonchev–Trinajstić information content (AvgIpc) is 2.67. The third kappa shape index (κ3) is 3.55. The van der Waals surface area contributed by atoms with Crippen molar-refractivity contribution >= 4 is 5.91 Å². The third-order valence-electron chi connectivity index (χ3n) is 4.76. The number of morpholine rings is 1. The number of methoxy groups -OCH3 is 1. The number of hydrogen-bond donors (Lipinski definition) is 0. The van der Waals surface area contributed by atoms with Crippen LogP contribution in [0.25, 0.3) is 0 Å². The van der Waals surface area contributed by atoms with Crippen LogP contribution in [0, 0.1) is 6.92 Å². The first kappa shape index (κ1) is 17.2. The second-order valence-corrected chi connectivity index (χ2v) is 6.75. The molecule has 1 unspecified atom stereocenters. The van der Waals surface area contributed by atoms with Gasteiger partial charge in [0, 0.05) is 32.2 Å². The van der Waals surface area contributed by atoms with E-state index in [0.29, 0.717) is 19.8 Å². The quantitative estimate of drug-likeness (QED) is 0.827. The van der Waals surface area contributed by atoms with Crippen LogP contribution in [-0.2, 0) is 20.8 Å². The van der Waals surface area contributed by atoms with Gasteiger partial charge < -0.3 is 19.1 Å². The summed E-state index contributed by atoms with van der Waals surface area (Å²) in [4.78, 5) is 15.9. The van der Waals surface area contributed by atoms with Gasteiger partial charge in [0.2, 0.25) is 5.91 Å². The van der Waals surface area contributed by atoms with Gasteiger partial charge in [0.1, 0.15) is 18.0 Å². The Hall–Kier alpha value is -1.63. The summed E-state index contributed by atoms with van der Waals surface area (Å²) < 4.78 is 17.2. The molecule has 6 nitrogen and oxygen atoms in total. The van der Waals surface area contributed by atoms with E-state index in [1.807, 2.05) is 7.05 Å². The zero-order valence-corrected chi connectivity index (χ0v) is 14.7. The summed E-state index contributed by atoms with van der Waals surface area (Å²) in [5.74, 6) is 0.954. The van der Waals surface area contributed by atoms with Crippen molar-refractivity contribution in [3.8, 4) is 5.75 Å². The van der Waals surface area contributed by atoms with Crippen LogP contribution in [0.3, 0.4) is 0 Å². The van der Waals surface area contributed by atoms with Crippen LogP contribution in [-0.4, -0.2) is 74.9 Å². The first-order chi connectivity index (χ1) is 11.5. The van der Waals surface area contributed by atoms with E-state index in [0.717, 1.165) is 30.9 Å². The number of carbonyl (C=O) groups excluding carboxylic acids is 1. The third-order valence-corrected chi connectivity index (χ3v) is 4.76. The highest BCUT2D eigenvalue weighted by molar-refractivity contribution is 5.77. The smallest absolute Gasteiger partial charge is 0.248 e. The summed E-state index contributed by atoms with van der Waals surface area (Å²) in [6.07, 6.45) is 0. The van der Waals surface area contributed by atoms with Crippen molar-refractivity contribution in [3.63, 3.8) is 0 Å². The molecule has 1 aromatic carbocycles. The van der Waals surface area contributed by atoms with Crippen LogP contribution >= 0.6 is 0 Å². The lowest BCUT2D eigenvalue weighted by Gasteiger charge is -2.43. The van der Waals surface area contributed by atoms with Crippen molar-refractivity contribution in [1.82, 2.24) is 9.80 Å². The predicted molar refractivity (Wildman–Crippen MR) is 90.1 cm³/mol. The maximum Gasteiger partial charge on any atom is 0.248 e. The van der Waals surface area contributed by atoms with E-state index >= 15 is 0 Å². The van der Waals surface area contributed by atoms with Gasteiger partial charge in [0.05, 0.1) is 26.9 Å². The van der Waals surface area contributed by atoms with E-state index < -0.39 is 5.60 Å². The minimum Gasteiger partial charge on any atom is -0.496 e. The number of rotatable bonds is 3. The second kappa shape index (κ2) is 7.09. The monoisotopic (exact) mass is 334 g/mol. The number of aryl methyl sites for hydroxylation is 1. The Morgan fingerprint density at radius 3 is 2.96 bits per heavy atom. The fourth-order valence-corrected chi connectivity index (χ4v) is 3.61. The molecule has 6 heteroatoms. The molecular formula is C18H26N2O4. The minimum atomic E-state index is -0.448. The molecule has 3 rings (SSSR count). The summed E-state index contributed by atoms with van der Waals surface area (Å²) in [5.41, 5.74) is 1.87. The molecule has 1 amide bonds. The van der Waals surface area contributed by atoms with Crippen molar-refractivity contribution in [1.29, 1.82) is 0 Å². The summed E-state index contributed by atoms with van der Waals surface area (Å²) in [7, 11) is 3.52. The maximum absolute atomic E-state index is 11.8. The Morgan fingerprint density at radius 1 is 1.33 bits per heavy atom. The van der Waals surface area contributed by atoms with Crippen molar-refractivity contribution in [2.45, 2.75) is 19.1 Å². The van der Waals surface area contributed by atoms with Crippen LogP contribution in [0.1, 0.15) is 11.1 Å². The van der Waals surface area contributed by atoms with E-state index in [-0.39, 0.29) is 12.5 Å². The SMILES string of the molecule is COc1c(C)cccc1CN1CCOC2(COCC(=O)N(C)C2)C1. The highest BCUT2D eigenvalue weighted by atomic mass is 16.5. The standard InChI is InChI=1S/C18H26N2O4/c1-14-5-4-6-15(17(14)22-3)9-20-7-8-24-18(12-20)11-19(2)16(21)10-23-13-18/h4-6H,7-13H2,1-3H3. The molecule has 1 spiro atoms.